The highest BCUT2D eigenvalue weighted by atomic mass is 32.2. The smallest absolute Gasteiger partial charge is 0.233 e. The number of thioether (sulfide) groups is 1. The first-order chi connectivity index (χ1) is 10.1. The van der Waals surface area contributed by atoms with E-state index in [9.17, 15) is 4.79 Å². The maximum absolute atomic E-state index is 12.1. The summed E-state index contributed by atoms with van der Waals surface area (Å²) >= 11 is 1.38. The van der Waals surface area contributed by atoms with Gasteiger partial charge in [-0.2, -0.15) is 0 Å². The first kappa shape index (κ1) is 15.4. The summed E-state index contributed by atoms with van der Waals surface area (Å²) in [6, 6.07) is 7.70. The lowest BCUT2D eigenvalue weighted by Crippen LogP contribution is -2.27. The molecule has 0 aliphatic carbocycles. The number of aryl methyl sites for hydroxylation is 1. The van der Waals surface area contributed by atoms with Crippen LogP contribution in [0.2, 0.25) is 0 Å². The normalized spacial score (nSPS) is 10.4. The fraction of sp³-hybridized carbons (Fsp3) is 0.357. The molecule has 0 spiro atoms. The molecule has 0 atom stereocenters. The Balaban J connectivity index is 1.85. The maximum atomic E-state index is 12.1. The molecular formula is C14H18N4O2S. The molecule has 0 radical (unpaired) electrons. The fourth-order valence-corrected chi connectivity index (χ4v) is 2.56. The average Bonchev–Trinajstić information content (AvgIpc) is 2.90. The lowest BCUT2D eigenvalue weighted by Gasteiger charge is -2.17. The van der Waals surface area contributed by atoms with Crippen molar-refractivity contribution in [3.63, 3.8) is 0 Å². The number of hydrogen-bond acceptors (Lipinski definition) is 5. The molecule has 0 N–H and O–H groups in total. The summed E-state index contributed by atoms with van der Waals surface area (Å²) in [5.41, 5.74) is 1.07. The second-order valence-corrected chi connectivity index (χ2v) is 5.55. The van der Waals surface area contributed by atoms with Gasteiger partial charge in [0.05, 0.1) is 12.9 Å². The van der Waals surface area contributed by atoms with Crippen LogP contribution in [0.15, 0.2) is 35.7 Å². The number of rotatable bonds is 6. The number of hydrogen-bond donors (Lipinski definition) is 0. The van der Waals surface area contributed by atoms with Crippen LogP contribution >= 0.6 is 11.8 Å². The second-order valence-electron chi connectivity index (χ2n) is 4.61. The summed E-state index contributed by atoms with van der Waals surface area (Å²) in [6.07, 6.45) is 1.62. The third kappa shape index (κ3) is 4.22. The average molecular weight is 306 g/mol. The number of amides is 1. The molecule has 0 saturated carbocycles. The summed E-state index contributed by atoms with van der Waals surface area (Å²) in [7, 11) is 5.28. The van der Waals surface area contributed by atoms with E-state index in [1.807, 2.05) is 31.3 Å². The van der Waals surface area contributed by atoms with Gasteiger partial charge in [-0.25, -0.2) is 0 Å². The Kier molecular flexibility index (Phi) is 5.21. The number of ether oxygens (including phenoxy) is 1. The molecule has 0 bridgehead atoms. The minimum absolute atomic E-state index is 0.0545. The molecule has 1 amide bonds. The zero-order chi connectivity index (χ0) is 15.2. The SMILES string of the molecule is COc1ccc(CN(C)C(=O)CSc2nncn2C)cc1. The van der Waals surface area contributed by atoms with Crippen LogP contribution in [0.1, 0.15) is 5.56 Å². The van der Waals surface area contributed by atoms with Crippen LogP contribution in [0.4, 0.5) is 0 Å². The van der Waals surface area contributed by atoms with Crippen molar-refractivity contribution in [2.75, 3.05) is 19.9 Å². The van der Waals surface area contributed by atoms with Gasteiger partial charge in [0.25, 0.3) is 0 Å². The van der Waals surface area contributed by atoms with Gasteiger partial charge in [-0.3, -0.25) is 4.79 Å². The van der Waals surface area contributed by atoms with Crippen LogP contribution in [0.5, 0.6) is 5.75 Å². The fourth-order valence-electron chi connectivity index (χ4n) is 1.73. The monoisotopic (exact) mass is 306 g/mol. The van der Waals surface area contributed by atoms with Gasteiger partial charge in [-0.15, -0.1) is 10.2 Å². The van der Waals surface area contributed by atoms with Crippen LogP contribution in [-0.2, 0) is 18.4 Å². The zero-order valence-corrected chi connectivity index (χ0v) is 13.1. The molecule has 2 rings (SSSR count). The molecule has 0 aliphatic rings. The molecule has 0 fully saturated rings. The predicted molar refractivity (Wildman–Crippen MR) is 81.2 cm³/mol. The van der Waals surface area contributed by atoms with Gasteiger partial charge < -0.3 is 14.2 Å². The minimum Gasteiger partial charge on any atom is -0.497 e. The zero-order valence-electron chi connectivity index (χ0n) is 12.3. The van der Waals surface area contributed by atoms with Crippen molar-refractivity contribution in [2.24, 2.45) is 7.05 Å². The van der Waals surface area contributed by atoms with Gasteiger partial charge >= 0.3 is 0 Å². The van der Waals surface area contributed by atoms with E-state index in [1.165, 1.54) is 11.8 Å². The highest BCUT2D eigenvalue weighted by Crippen LogP contribution is 2.16. The Morgan fingerprint density at radius 1 is 1.38 bits per heavy atom. The first-order valence-corrected chi connectivity index (χ1v) is 7.42. The van der Waals surface area contributed by atoms with Crippen molar-refractivity contribution in [3.8, 4) is 5.75 Å². The van der Waals surface area contributed by atoms with Crippen LogP contribution in [0.25, 0.3) is 0 Å². The van der Waals surface area contributed by atoms with Gasteiger partial charge in [0.15, 0.2) is 5.16 Å². The van der Waals surface area contributed by atoms with E-state index in [0.29, 0.717) is 12.3 Å². The molecule has 21 heavy (non-hydrogen) atoms. The molecule has 1 aromatic carbocycles. The van der Waals surface area contributed by atoms with Crippen molar-refractivity contribution >= 4 is 17.7 Å². The van der Waals surface area contributed by atoms with Crippen molar-refractivity contribution in [1.29, 1.82) is 0 Å². The Morgan fingerprint density at radius 2 is 2.10 bits per heavy atom. The van der Waals surface area contributed by atoms with E-state index >= 15 is 0 Å². The third-order valence-corrected chi connectivity index (χ3v) is 4.02. The number of carbonyl (C=O) groups excluding carboxylic acids is 1. The molecule has 0 saturated heterocycles. The van der Waals surface area contributed by atoms with E-state index in [0.717, 1.165) is 16.5 Å². The van der Waals surface area contributed by atoms with Crippen LogP contribution in [0, 0.1) is 0 Å². The summed E-state index contributed by atoms with van der Waals surface area (Å²) < 4.78 is 6.91. The van der Waals surface area contributed by atoms with Crippen molar-refractivity contribution in [1.82, 2.24) is 19.7 Å². The molecule has 1 heterocycles. The number of benzene rings is 1. The summed E-state index contributed by atoms with van der Waals surface area (Å²) in [6.45, 7) is 0.572. The lowest BCUT2D eigenvalue weighted by atomic mass is 10.2. The first-order valence-electron chi connectivity index (χ1n) is 6.44. The van der Waals surface area contributed by atoms with Gasteiger partial charge in [0.2, 0.25) is 5.91 Å². The number of carbonyl (C=O) groups is 1. The van der Waals surface area contributed by atoms with E-state index in [2.05, 4.69) is 10.2 Å². The third-order valence-electron chi connectivity index (χ3n) is 3.00. The van der Waals surface area contributed by atoms with E-state index in [-0.39, 0.29) is 5.91 Å². The number of aromatic nitrogens is 3. The molecule has 7 heteroatoms. The molecule has 0 aliphatic heterocycles. The highest BCUT2D eigenvalue weighted by molar-refractivity contribution is 7.99. The molecule has 0 unspecified atom stereocenters. The van der Waals surface area contributed by atoms with E-state index in [1.54, 1.807) is 30.0 Å². The van der Waals surface area contributed by atoms with E-state index < -0.39 is 0 Å². The summed E-state index contributed by atoms with van der Waals surface area (Å²) in [4.78, 5) is 13.8. The minimum atomic E-state index is 0.0545. The predicted octanol–water partition coefficient (Wildman–Crippen LogP) is 1.57. The Hall–Kier alpha value is -2.02. The number of methoxy groups -OCH3 is 1. The van der Waals surface area contributed by atoms with Crippen LogP contribution in [-0.4, -0.2) is 45.5 Å². The van der Waals surface area contributed by atoms with Crippen LogP contribution in [0.3, 0.4) is 0 Å². The molecular weight excluding hydrogens is 288 g/mol. The summed E-state index contributed by atoms with van der Waals surface area (Å²) in [5, 5.41) is 8.46. The lowest BCUT2D eigenvalue weighted by molar-refractivity contribution is -0.127. The second kappa shape index (κ2) is 7.12. The van der Waals surface area contributed by atoms with Gasteiger partial charge in [0, 0.05) is 20.6 Å². The standard InChI is InChI=1S/C14H18N4O2S/c1-17(8-11-4-6-12(20-3)7-5-11)13(19)9-21-14-16-15-10-18(14)2/h4-7,10H,8-9H2,1-3H3. The Labute approximate surface area is 128 Å². The maximum Gasteiger partial charge on any atom is 0.233 e. The summed E-state index contributed by atoms with van der Waals surface area (Å²) in [5.74, 6) is 1.21. The van der Waals surface area contributed by atoms with Crippen LogP contribution < -0.4 is 4.74 Å². The molecule has 1 aromatic heterocycles. The highest BCUT2D eigenvalue weighted by Gasteiger charge is 2.12. The van der Waals surface area contributed by atoms with E-state index in [4.69, 9.17) is 4.74 Å². The van der Waals surface area contributed by atoms with Crippen molar-refractivity contribution < 1.29 is 9.53 Å². The van der Waals surface area contributed by atoms with Crippen molar-refractivity contribution in [3.05, 3.63) is 36.2 Å². The van der Waals surface area contributed by atoms with Crippen molar-refractivity contribution in [2.45, 2.75) is 11.7 Å². The van der Waals surface area contributed by atoms with Gasteiger partial charge in [-0.05, 0) is 17.7 Å². The molecule has 6 nitrogen and oxygen atoms in total. The Bertz CT molecular complexity index is 597. The number of nitrogens with zero attached hydrogens (tertiary/aromatic N) is 4. The molecule has 2 aromatic rings. The topological polar surface area (TPSA) is 60.2 Å². The quantitative estimate of drug-likeness (QED) is 0.758. The Morgan fingerprint density at radius 3 is 2.67 bits per heavy atom. The van der Waals surface area contributed by atoms with Gasteiger partial charge in [-0.1, -0.05) is 23.9 Å². The largest absolute Gasteiger partial charge is 0.497 e. The molecule has 112 valence electrons. The van der Waals surface area contributed by atoms with Gasteiger partial charge in [0.1, 0.15) is 12.1 Å².